The van der Waals surface area contributed by atoms with Gasteiger partial charge in [-0.25, -0.2) is 0 Å². The van der Waals surface area contributed by atoms with Gasteiger partial charge in [-0.3, -0.25) is 4.79 Å². The van der Waals surface area contributed by atoms with Gasteiger partial charge in [-0.2, -0.15) is 0 Å². The normalized spacial score (nSPS) is 12.2. The largest absolute Gasteiger partial charge is 0.497 e. The molecule has 0 spiro atoms. The van der Waals surface area contributed by atoms with Crippen LogP contribution in [0.15, 0.2) is 22.7 Å². The lowest BCUT2D eigenvalue weighted by Gasteiger charge is -2.08. The SMILES string of the molecule is COc1ccc(Br)c(CC(=O)CCC(C)N)c1. The highest BCUT2D eigenvalue weighted by Gasteiger charge is 2.09. The van der Waals surface area contributed by atoms with Gasteiger partial charge in [0.2, 0.25) is 0 Å². The van der Waals surface area contributed by atoms with E-state index in [2.05, 4.69) is 15.9 Å². The Bertz CT molecular complexity index is 391. The number of rotatable bonds is 6. The van der Waals surface area contributed by atoms with Gasteiger partial charge in [0.05, 0.1) is 7.11 Å². The number of carbonyl (C=O) groups excluding carboxylic acids is 1. The van der Waals surface area contributed by atoms with Crippen LogP contribution in [0.25, 0.3) is 0 Å². The van der Waals surface area contributed by atoms with Crippen molar-refractivity contribution < 1.29 is 9.53 Å². The smallest absolute Gasteiger partial charge is 0.137 e. The summed E-state index contributed by atoms with van der Waals surface area (Å²) in [6.45, 7) is 1.91. The lowest BCUT2D eigenvalue weighted by atomic mass is 10.0. The minimum Gasteiger partial charge on any atom is -0.497 e. The third kappa shape index (κ3) is 4.88. The van der Waals surface area contributed by atoms with Crippen LogP contribution in [0.1, 0.15) is 25.3 Å². The Kier molecular flexibility index (Phi) is 5.65. The molecule has 0 aromatic heterocycles. The third-order valence-electron chi connectivity index (χ3n) is 2.52. The Labute approximate surface area is 110 Å². The van der Waals surface area contributed by atoms with E-state index in [0.29, 0.717) is 12.8 Å². The van der Waals surface area contributed by atoms with Crippen LogP contribution in [0.4, 0.5) is 0 Å². The van der Waals surface area contributed by atoms with Gasteiger partial charge in [-0.15, -0.1) is 0 Å². The Morgan fingerprint density at radius 3 is 2.82 bits per heavy atom. The van der Waals surface area contributed by atoms with Gasteiger partial charge in [0.1, 0.15) is 11.5 Å². The van der Waals surface area contributed by atoms with Crippen molar-refractivity contribution in [2.24, 2.45) is 5.73 Å². The number of benzene rings is 1. The summed E-state index contributed by atoms with van der Waals surface area (Å²) >= 11 is 3.44. The van der Waals surface area contributed by atoms with Crippen LogP contribution in [0.2, 0.25) is 0 Å². The van der Waals surface area contributed by atoms with Crippen LogP contribution in [0.3, 0.4) is 0 Å². The van der Waals surface area contributed by atoms with Crippen LogP contribution in [-0.2, 0) is 11.2 Å². The minimum absolute atomic E-state index is 0.0766. The van der Waals surface area contributed by atoms with Crippen molar-refractivity contribution in [1.82, 2.24) is 0 Å². The van der Waals surface area contributed by atoms with Crippen LogP contribution in [-0.4, -0.2) is 18.9 Å². The molecular formula is C13H18BrNO2. The van der Waals surface area contributed by atoms with E-state index >= 15 is 0 Å². The van der Waals surface area contributed by atoms with E-state index in [9.17, 15) is 4.79 Å². The van der Waals surface area contributed by atoms with E-state index in [4.69, 9.17) is 10.5 Å². The average molecular weight is 300 g/mol. The number of carbonyl (C=O) groups is 1. The lowest BCUT2D eigenvalue weighted by Crippen LogP contribution is -2.17. The van der Waals surface area contributed by atoms with Gasteiger partial charge in [0, 0.05) is 23.4 Å². The summed E-state index contributed by atoms with van der Waals surface area (Å²) in [5.41, 5.74) is 6.59. The molecule has 2 N–H and O–H groups in total. The van der Waals surface area contributed by atoms with Gasteiger partial charge < -0.3 is 10.5 Å². The van der Waals surface area contributed by atoms with Gasteiger partial charge in [-0.1, -0.05) is 15.9 Å². The van der Waals surface area contributed by atoms with E-state index in [1.807, 2.05) is 25.1 Å². The highest BCUT2D eigenvalue weighted by atomic mass is 79.9. The second-order valence-electron chi connectivity index (χ2n) is 4.19. The molecule has 0 saturated heterocycles. The number of ketones is 1. The van der Waals surface area contributed by atoms with E-state index in [0.717, 1.165) is 22.2 Å². The molecule has 1 aromatic rings. The molecule has 3 nitrogen and oxygen atoms in total. The number of hydrogen-bond acceptors (Lipinski definition) is 3. The quantitative estimate of drug-likeness (QED) is 0.879. The lowest BCUT2D eigenvalue weighted by molar-refractivity contribution is -0.118. The summed E-state index contributed by atoms with van der Waals surface area (Å²) in [5, 5.41) is 0. The fraction of sp³-hybridized carbons (Fsp3) is 0.462. The molecule has 0 aliphatic carbocycles. The van der Waals surface area contributed by atoms with Crippen molar-refractivity contribution in [2.75, 3.05) is 7.11 Å². The fourth-order valence-corrected chi connectivity index (χ4v) is 1.89. The molecule has 1 rings (SSSR count). The first-order chi connectivity index (χ1) is 8.02. The zero-order chi connectivity index (χ0) is 12.8. The number of hydrogen-bond donors (Lipinski definition) is 1. The molecule has 0 radical (unpaired) electrons. The average Bonchev–Trinajstić information content (AvgIpc) is 2.29. The molecule has 0 heterocycles. The monoisotopic (exact) mass is 299 g/mol. The Morgan fingerprint density at radius 1 is 1.53 bits per heavy atom. The molecule has 4 heteroatoms. The van der Waals surface area contributed by atoms with Crippen LogP contribution in [0.5, 0.6) is 5.75 Å². The van der Waals surface area contributed by atoms with Gasteiger partial charge in [-0.05, 0) is 37.1 Å². The van der Waals surface area contributed by atoms with E-state index in [1.54, 1.807) is 7.11 Å². The molecule has 0 saturated carbocycles. The molecular weight excluding hydrogens is 282 g/mol. The molecule has 94 valence electrons. The van der Waals surface area contributed by atoms with Crippen molar-refractivity contribution in [3.8, 4) is 5.75 Å². The summed E-state index contributed by atoms with van der Waals surface area (Å²) in [6, 6.07) is 5.72. The topological polar surface area (TPSA) is 52.3 Å². The maximum absolute atomic E-state index is 11.8. The van der Waals surface area contributed by atoms with Gasteiger partial charge in [0.15, 0.2) is 0 Å². The van der Waals surface area contributed by atoms with Crippen molar-refractivity contribution in [3.05, 3.63) is 28.2 Å². The van der Waals surface area contributed by atoms with Crippen molar-refractivity contribution >= 4 is 21.7 Å². The maximum atomic E-state index is 11.8. The van der Waals surface area contributed by atoms with E-state index < -0.39 is 0 Å². The number of halogens is 1. The molecule has 1 unspecified atom stereocenters. The summed E-state index contributed by atoms with van der Waals surface area (Å²) < 4.78 is 6.07. The van der Waals surface area contributed by atoms with Gasteiger partial charge >= 0.3 is 0 Å². The zero-order valence-electron chi connectivity index (χ0n) is 10.2. The predicted molar refractivity (Wildman–Crippen MR) is 72.3 cm³/mol. The first kappa shape index (κ1) is 14.2. The molecule has 0 bridgehead atoms. The van der Waals surface area contributed by atoms with Gasteiger partial charge in [0.25, 0.3) is 0 Å². The second kappa shape index (κ2) is 6.77. The first-order valence-electron chi connectivity index (χ1n) is 5.62. The number of ether oxygens (including phenoxy) is 1. The minimum atomic E-state index is 0.0766. The molecule has 0 aliphatic heterocycles. The van der Waals surface area contributed by atoms with Crippen molar-refractivity contribution in [1.29, 1.82) is 0 Å². The standard InChI is InChI=1S/C13H18BrNO2/c1-9(15)3-4-11(16)7-10-8-12(17-2)5-6-13(10)14/h5-6,8-9H,3-4,7,15H2,1-2H3. The van der Waals surface area contributed by atoms with Crippen molar-refractivity contribution in [3.63, 3.8) is 0 Å². The summed E-state index contributed by atoms with van der Waals surface area (Å²) in [7, 11) is 1.62. The zero-order valence-corrected chi connectivity index (χ0v) is 11.8. The highest BCUT2D eigenvalue weighted by Crippen LogP contribution is 2.23. The fourth-order valence-electron chi connectivity index (χ4n) is 1.50. The van der Waals surface area contributed by atoms with Crippen LogP contribution in [0, 0.1) is 0 Å². The number of nitrogens with two attached hydrogens (primary N) is 1. The molecule has 0 amide bonds. The summed E-state index contributed by atoms with van der Waals surface area (Å²) in [6.07, 6.45) is 1.69. The predicted octanol–water partition coefficient (Wildman–Crippen LogP) is 2.70. The molecule has 0 aliphatic rings. The second-order valence-corrected chi connectivity index (χ2v) is 5.04. The Balaban J connectivity index is 2.64. The van der Waals surface area contributed by atoms with Crippen LogP contribution < -0.4 is 10.5 Å². The van der Waals surface area contributed by atoms with E-state index in [-0.39, 0.29) is 11.8 Å². The summed E-state index contributed by atoms with van der Waals surface area (Å²) in [5.74, 6) is 0.972. The highest BCUT2D eigenvalue weighted by molar-refractivity contribution is 9.10. The van der Waals surface area contributed by atoms with Crippen molar-refractivity contribution in [2.45, 2.75) is 32.2 Å². The van der Waals surface area contributed by atoms with E-state index in [1.165, 1.54) is 0 Å². The summed E-state index contributed by atoms with van der Waals surface area (Å²) in [4.78, 5) is 11.8. The number of Topliss-reactive ketones (excluding diaryl/α,β-unsaturated/α-hetero) is 1. The van der Waals surface area contributed by atoms with Crippen LogP contribution >= 0.6 is 15.9 Å². The maximum Gasteiger partial charge on any atom is 0.137 e. The molecule has 1 aromatic carbocycles. The number of methoxy groups -OCH3 is 1. The molecule has 17 heavy (non-hydrogen) atoms. The third-order valence-corrected chi connectivity index (χ3v) is 3.29. The Morgan fingerprint density at radius 2 is 2.24 bits per heavy atom. The first-order valence-corrected chi connectivity index (χ1v) is 6.42. The molecule has 0 fully saturated rings. The molecule has 1 atom stereocenters. The Hall–Kier alpha value is -0.870.